The van der Waals surface area contributed by atoms with Crippen LogP contribution >= 0.6 is 0 Å². The number of hydrogen-bond donors (Lipinski definition) is 0. The summed E-state index contributed by atoms with van der Waals surface area (Å²) in [5.74, 6) is 7.31. The summed E-state index contributed by atoms with van der Waals surface area (Å²) in [7, 11) is -2.97. The molecule has 0 bridgehead atoms. The van der Waals surface area contributed by atoms with Crippen LogP contribution in [0.15, 0.2) is 36.4 Å². The molecule has 0 aliphatic carbocycles. The van der Waals surface area contributed by atoms with Gasteiger partial charge in [0.05, 0.1) is 0 Å². The lowest BCUT2D eigenvalue weighted by Crippen LogP contribution is -2.16. The molecular weight excluding hydrogens is 465 g/mol. The second-order valence-corrected chi connectivity index (χ2v) is 21.9. The molecule has 0 saturated heterocycles. The van der Waals surface area contributed by atoms with Gasteiger partial charge >= 0.3 is 0 Å². The second-order valence-electron chi connectivity index (χ2n) is 12.4. The molecule has 0 heterocycles. The number of rotatable bonds is 6. The number of unbranched alkanes of at least 4 members (excludes halogenated alkanes) is 2. The summed E-state index contributed by atoms with van der Waals surface area (Å²) in [6.45, 7) is 18.6. The van der Waals surface area contributed by atoms with Gasteiger partial charge in [-0.2, -0.15) is 0 Å². The number of hydrogen-bond acceptors (Lipinski definition) is 0. The van der Waals surface area contributed by atoms with Crippen LogP contribution in [0.3, 0.4) is 0 Å². The fourth-order valence-corrected chi connectivity index (χ4v) is 6.02. The third-order valence-corrected chi connectivity index (χ3v) is 8.56. The maximum absolute atomic E-state index is 3.65. The van der Waals surface area contributed by atoms with E-state index in [0.717, 1.165) is 12.8 Å². The van der Waals surface area contributed by atoms with E-state index >= 15 is 0 Å². The smallest absolute Gasteiger partial charge is 0.127 e. The summed E-state index contributed by atoms with van der Waals surface area (Å²) in [4.78, 5) is 0. The Balaban J connectivity index is 2.15. The number of benzene rings is 4. The third kappa shape index (κ3) is 5.72. The van der Waals surface area contributed by atoms with E-state index in [2.05, 4.69) is 112 Å². The monoisotopic (exact) mass is 506 g/mol. The molecule has 0 atom stereocenters. The molecular formula is C34H42Si2. The fourth-order valence-electron chi connectivity index (χ4n) is 5.00. The predicted molar refractivity (Wildman–Crippen MR) is 168 cm³/mol. The zero-order valence-electron chi connectivity index (χ0n) is 23.7. The van der Waals surface area contributed by atoms with E-state index in [-0.39, 0.29) is 0 Å². The highest BCUT2D eigenvalue weighted by Crippen LogP contribution is 2.41. The average molecular weight is 507 g/mol. The SMILES string of the molecule is CCCCc1cc(C#C[Si](C)(C)C)c2ccc3c(CCCC)cc(C#C[Si](C)(C)C)c4ccc1c2c43. The Morgan fingerprint density at radius 2 is 0.917 bits per heavy atom. The second kappa shape index (κ2) is 10.5. The lowest BCUT2D eigenvalue weighted by molar-refractivity contribution is 0.798. The van der Waals surface area contributed by atoms with Crippen LogP contribution in [0.4, 0.5) is 0 Å². The van der Waals surface area contributed by atoms with Crippen molar-refractivity contribution in [1.29, 1.82) is 0 Å². The van der Waals surface area contributed by atoms with E-state index in [1.54, 1.807) is 0 Å². The zero-order chi connectivity index (χ0) is 26.1. The summed E-state index contributed by atoms with van der Waals surface area (Å²) >= 11 is 0. The molecule has 2 heteroatoms. The highest BCUT2D eigenvalue weighted by molar-refractivity contribution is 6.84. The van der Waals surface area contributed by atoms with Crippen molar-refractivity contribution in [2.45, 2.75) is 91.7 Å². The Morgan fingerprint density at radius 1 is 0.556 bits per heavy atom. The minimum Gasteiger partial charge on any atom is -0.127 e. The molecule has 0 aliphatic rings. The highest BCUT2D eigenvalue weighted by atomic mass is 28.3. The molecule has 0 spiro atoms. The van der Waals surface area contributed by atoms with Crippen molar-refractivity contribution in [3.05, 3.63) is 58.7 Å². The van der Waals surface area contributed by atoms with Crippen LogP contribution in [0.1, 0.15) is 61.8 Å². The zero-order valence-corrected chi connectivity index (χ0v) is 25.7. The lowest BCUT2D eigenvalue weighted by atomic mass is 9.85. The molecule has 0 aromatic heterocycles. The Hall–Kier alpha value is -2.53. The van der Waals surface area contributed by atoms with E-state index in [1.807, 2.05) is 0 Å². The molecule has 36 heavy (non-hydrogen) atoms. The van der Waals surface area contributed by atoms with Crippen LogP contribution in [0.2, 0.25) is 39.3 Å². The quantitative estimate of drug-likeness (QED) is 0.139. The third-order valence-electron chi connectivity index (χ3n) is 6.81. The highest BCUT2D eigenvalue weighted by Gasteiger charge is 2.18. The Bertz CT molecular complexity index is 1400. The van der Waals surface area contributed by atoms with Crippen LogP contribution in [0, 0.1) is 22.9 Å². The van der Waals surface area contributed by atoms with Crippen molar-refractivity contribution in [2.75, 3.05) is 0 Å². The summed E-state index contributed by atoms with van der Waals surface area (Å²) in [6.07, 6.45) is 7.04. The van der Waals surface area contributed by atoms with Crippen molar-refractivity contribution < 1.29 is 0 Å². The Kier molecular flexibility index (Phi) is 7.70. The number of aryl methyl sites for hydroxylation is 2. The standard InChI is InChI=1S/C34H42Si2/c1-9-11-13-25-23-27(19-21-35(3,4)5)31-18-16-30-26(14-12-10-2)24-28(20-22-36(6,7)8)32-17-15-29(25)33(31)34(30)32/h15-18,23-24H,9-14H2,1-8H3. The van der Waals surface area contributed by atoms with Crippen molar-refractivity contribution >= 4 is 48.5 Å². The van der Waals surface area contributed by atoms with Crippen molar-refractivity contribution in [3.8, 4) is 22.9 Å². The van der Waals surface area contributed by atoms with E-state index in [4.69, 9.17) is 0 Å². The molecule has 4 aromatic carbocycles. The Labute approximate surface area is 221 Å². The van der Waals surface area contributed by atoms with Gasteiger partial charge < -0.3 is 0 Å². The molecule has 0 amide bonds. The largest absolute Gasteiger partial charge is 0.129 e. The van der Waals surface area contributed by atoms with E-state index in [0.29, 0.717) is 0 Å². The summed E-state index contributed by atoms with van der Waals surface area (Å²) in [5, 5.41) is 8.26. The molecule has 0 radical (unpaired) electrons. The first-order valence-electron chi connectivity index (χ1n) is 13.8. The first-order valence-corrected chi connectivity index (χ1v) is 20.8. The van der Waals surface area contributed by atoms with Gasteiger partial charge in [0.1, 0.15) is 16.1 Å². The van der Waals surface area contributed by atoms with Crippen LogP contribution in [0.5, 0.6) is 0 Å². The van der Waals surface area contributed by atoms with Crippen molar-refractivity contribution in [3.63, 3.8) is 0 Å². The van der Waals surface area contributed by atoms with Gasteiger partial charge in [-0.1, -0.05) is 102 Å². The van der Waals surface area contributed by atoms with E-state index in [9.17, 15) is 0 Å². The first-order chi connectivity index (χ1) is 17.0. The lowest BCUT2D eigenvalue weighted by Gasteiger charge is -2.19. The molecule has 0 nitrogen and oxygen atoms in total. The summed E-state index contributed by atoms with van der Waals surface area (Å²) in [6, 6.07) is 14.2. The molecule has 0 N–H and O–H groups in total. The van der Waals surface area contributed by atoms with Gasteiger partial charge in [-0.15, -0.1) is 11.1 Å². The van der Waals surface area contributed by atoms with Gasteiger partial charge in [-0.25, -0.2) is 0 Å². The molecule has 186 valence electrons. The van der Waals surface area contributed by atoms with Crippen molar-refractivity contribution in [1.82, 2.24) is 0 Å². The average Bonchev–Trinajstić information content (AvgIpc) is 2.82. The van der Waals surface area contributed by atoms with Crippen molar-refractivity contribution in [2.24, 2.45) is 0 Å². The maximum Gasteiger partial charge on any atom is 0.129 e. The topological polar surface area (TPSA) is 0 Å². The van der Waals surface area contributed by atoms with Gasteiger partial charge in [0, 0.05) is 11.1 Å². The van der Waals surface area contributed by atoms with Gasteiger partial charge in [0.2, 0.25) is 0 Å². The Morgan fingerprint density at radius 3 is 1.25 bits per heavy atom. The normalized spacial score (nSPS) is 12.1. The summed E-state index contributed by atoms with van der Waals surface area (Å²) < 4.78 is 0. The van der Waals surface area contributed by atoms with Gasteiger partial charge in [-0.3, -0.25) is 0 Å². The van der Waals surface area contributed by atoms with Crippen LogP contribution in [0.25, 0.3) is 32.3 Å². The minimum atomic E-state index is -1.49. The predicted octanol–water partition coefficient (Wildman–Crippen LogP) is 9.73. The molecule has 0 aliphatic heterocycles. The minimum absolute atomic E-state index is 1.11. The molecule has 0 saturated carbocycles. The molecule has 4 aromatic rings. The maximum atomic E-state index is 3.65. The van der Waals surface area contributed by atoms with Gasteiger partial charge in [0.15, 0.2) is 0 Å². The van der Waals surface area contributed by atoms with Gasteiger partial charge in [0.25, 0.3) is 0 Å². The molecule has 0 unspecified atom stereocenters. The van der Waals surface area contributed by atoms with Crippen LogP contribution < -0.4 is 0 Å². The molecule has 4 rings (SSSR count). The summed E-state index contributed by atoms with van der Waals surface area (Å²) in [5.41, 5.74) is 12.6. The van der Waals surface area contributed by atoms with E-state index < -0.39 is 16.1 Å². The van der Waals surface area contributed by atoms with E-state index in [1.165, 1.54) is 80.3 Å². The van der Waals surface area contributed by atoms with Crippen LogP contribution in [-0.4, -0.2) is 16.1 Å². The molecule has 0 fully saturated rings. The first kappa shape index (κ1) is 26.5. The van der Waals surface area contributed by atoms with Crippen LogP contribution in [-0.2, 0) is 12.8 Å². The van der Waals surface area contributed by atoms with Gasteiger partial charge in [-0.05, 0) is 81.3 Å². The fraction of sp³-hybridized carbons (Fsp3) is 0.412.